The molecule has 0 amide bonds. The van der Waals surface area contributed by atoms with E-state index in [1.165, 1.54) is 17.2 Å². The number of aromatic nitrogens is 4. The van der Waals surface area contributed by atoms with Crippen molar-refractivity contribution in [2.75, 3.05) is 12.5 Å². The van der Waals surface area contributed by atoms with Gasteiger partial charge in [-0.3, -0.25) is 13.9 Å². The zero-order valence-corrected chi connectivity index (χ0v) is 18.9. The first-order valence-electron chi connectivity index (χ1n) is 10.6. The van der Waals surface area contributed by atoms with Crippen LogP contribution in [-0.2, 0) is 27.1 Å². The van der Waals surface area contributed by atoms with Crippen molar-refractivity contribution >= 4 is 23.3 Å². The summed E-state index contributed by atoms with van der Waals surface area (Å²) in [6.45, 7) is 0.541. The van der Waals surface area contributed by atoms with Gasteiger partial charge in [-0.25, -0.2) is 10.2 Å². The molecule has 2 heterocycles. The fourth-order valence-electron chi connectivity index (χ4n) is 3.69. The maximum atomic E-state index is 12.9. The first-order valence-corrected chi connectivity index (χ1v) is 10.6. The lowest BCUT2D eigenvalue weighted by Gasteiger charge is -2.09. The number of nitrogens with one attached hydrogen (secondary N) is 1. The van der Waals surface area contributed by atoms with Crippen LogP contribution in [0.15, 0.2) is 69.3 Å². The molecule has 0 unspecified atom stereocenters. The molecule has 0 aliphatic rings. The fraction of sp³-hybridized carbons (Fsp3) is 0.250. The molecule has 9 nitrogen and oxygen atoms in total. The van der Waals surface area contributed by atoms with Crippen LogP contribution < -0.4 is 21.4 Å². The summed E-state index contributed by atoms with van der Waals surface area (Å²) in [5, 5.41) is 4.30. The third kappa shape index (κ3) is 4.57. The Balaban J connectivity index is 1.66. The minimum absolute atomic E-state index is 0.324. The number of aryl methyl sites for hydroxylation is 3. The second kappa shape index (κ2) is 9.56. The average molecular weight is 447 g/mol. The number of benzene rings is 2. The highest BCUT2D eigenvalue weighted by atomic mass is 16.5. The summed E-state index contributed by atoms with van der Waals surface area (Å²) in [6.07, 6.45) is 3.30. The molecule has 0 radical (unpaired) electrons. The molecular formula is C24H26N6O3. The van der Waals surface area contributed by atoms with E-state index in [0.29, 0.717) is 23.7 Å². The van der Waals surface area contributed by atoms with Crippen molar-refractivity contribution in [2.24, 2.45) is 19.2 Å². The van der Waals surface area contributed by atoms with E-state index in [2.05, 4.69) is 27.6 Å². The van der Waals surface area contributed by atoms with Crippen molar-refractivity contribution in [1.82, 2.24) is 18.7 Å². The Morgan fingerprint density at radius 1 is 1.03 bits per heavy atom. The Hall–Kier alpha value is -4.14. The molecule has 0 bridgehead atoms. The number of anilines is 1. The number of imidazole rings is 1. The maximum Gasteiger partial charge on any atom is 0.332 e. The number of methoxy groups -OCH3 is 1. The number of hydrogen-bond acceptors (Lipinski definition) is 6. The van der Waals surface area contributed by atoms with Crippen molar-refractivity contribution in [3.63, 3.8) is 0 Å². The molecule has 2 aromatic carbocycles. The monoisotopic (exact) mass is 446 g/mol. The number of hydrazone groups is 1. The molecule has 170 valence electrons. The number of fused-ring (bicyclic) bond motifs is 1. The van der Waals surface area contributed by atoms with Gasteiger partial charge in [0.2, 0.25) is 5.95 Å². The third-order valence-electron chi connectivity index (χ3n) is 5.53. The minimum Gasteiger partial charge on any atom is -0.497 e. The molecule has 0 aliphatic heterocycles. The number of ether oxygens (including phenoxy) is 1. The molecule has 9 heteroatoms. The topological polar surface area (TPSA) is 95.4 Å². The fourth-order valence-corrected chi connectivity index (χ4v) is 3.69. The maximum absolute atomic E-state index is 12.9. The van der Waals surface area contributed by atoms with Crippen LogP contribution in [0.4, 0.5) is 5.95 Å². The highest BCUT2D eigenvalue weighted by molar-refractivity contribution is 5.80. The predicted octanol–water partition coefficient (Wildman–Crippen LogP) is 2.52. The molecule has 2 aromatic heterocycles. The molecule has 4 aromatic rings. The average Bonchev–Trinajstić information content (AvgIpc) is 3.21. The second-order valence-corrected chi connectivity index (χ2v) is 7.70. The van der Waals surface area contributed by atoms with Crippen molar-refractivity contribution in [3.05, 3.63) is 86.6 Å². The Morgan fingerprint density at radius 2 is 1.76 bits per heavy atom. The zero-order chi connectivity index (χ0) is 23.4. The first-order chi connectivity index (χ1) is 16.0. The van der Waals surface area contributed by atoms with Gasteiger partial charge in [0, 0.05) is 20.6 Å². The van der Waals surface area contributed by atoms with Crippen LogP contribution in [0.25, 0.3) is 11.2 Å². The molecule has 0 aliphatic carbocycles. The van der Waals surface area contributed by atoms with E-state index in [0.717, 1.165) is 28.7 Å². The van der Waals surface area contributed by atoms with Crippen molar-refractivity contribution in [1.29, 1.82) is 0 Å². The number of hydrogen-bond donors (Lipinski definition) is 1. The molecule has 4 rings (SSSR count). The molecule has 0 atom stereocenters. The molecule has 0 fully saturated rings. The van der Waals surface area contributed by atoms with Gasteiger partial charge in [0.05, 0.1) is 13.3 Å². The summed E-state index contributed by atoms with van der Waals surface area (Å²) in [5.74, 6) is 1.17. The molecule has 33 heavy (non-hydrogen) atoms. The van der Waals surface area contributed by atoms with E-state index in [4.69, 9.17) is 4.74 Å². The van der Waals surface area contributed by atoms with Gasteiger partial charge in [0.1, 0.15) is 5.75 Å². The lowest BCUT2D eigenvalue weighted by molar-refractivity contribution is 0.415. The third-order valence-corrected chi connectivity index (χ3v) is 5.53. The Labute approximate surface area is 190 Å². The van der Waals surface area contributed by atoms with E-state index in [1.807, 2.05) is 42.5 Å². The number of rotatable bonds is 8. The normalized spacial score (nSPS) is 11.4. The molecule has 0 spiro atoms. The largest absolute Gasteiger partial charge is 0.497 e. The summed E-state index contributed by atoms with van der Waals surface area (Å²) in [6, 6.07) is 17.6. The lowest BCUT2D eigenvalue weighted by atomic mass is 10.1. The summed E-state index contributed by atoms with van der Waals surface area (Å²) in [7, 11) is 4.70. The van der Waals surface area contributed by atoms with Gasteiger partial charge >= 0.3 is 5.69 Å². The molecule has 0 saturated heterocycles. The highest BCUT2D eigenvalue weighted by Gasteiger charge is 2.18. The van der Waals surface area contributed by atoms with Crippen molar-refractivity contribution < 1.29 is 4.74 Å². The van der Waals surface area contributed by atoms with Crippen LogP contribution in [0, 0.1) is 0 Å². The first kappa shape index (κ1) is 22.1. The molecule has 1 N–H and O–H groups in total. The van der Waals surface area contributed by atoms with Gasteiger partial charge in [0.25, 0.3) is 5.56 Å². The van der Waals surface area contributed by atoms with Gasteiger partial charge in [0.15, 0.2) is 11.2 Å². The van der Waals surface area contributed by atoms with Gasteiger partial charge in [-0.05, 0) is 48.2 Å². The standard InChI is InChI=1S/C24H26N6O3/c1-28-21-20(22(31)29(2)24(28)32)30(15-7-10-17-8-5-4-6-9-17)23(26-21)27-25-16-18-11-13-19(33-3)14-12-18/h4-6,8-9,11-14,16H,7,10,15H2,1-3H3,(H,26,27)/b25-16-. The van der Waals surface area contributed by atoms with Crippen LogP contribution in [0.5, 0.6) is 5.75 Å². The number of nitrogens with zero attached hydrogens (tertiary/aromatic N) is 5. The van der Waals surface area contributed by atoms with Crippen LogP contribution in [0.2, 0.25) is 0 Å². The van der Waals surface area contributed by atoms with E-state index in [-0.39, 0.29) is 5.56 Å². The van der Waals surface area contributed by atoms with Crippen molar-refractivity contribution in [3.8, 4) is 5.75 Å². The lowest BCUT2D eigenvalue weighted by Crippen LogP contribution is -2.37. The van der Waals surface area contributed by atoms with E-state index < -0.39 is 5.69 Å². The van der Waals surface area contributed by atoms with Crippen LogP contribution in [-0.4, -0.2) is 32.0 Å². The predicted molar refractivity (Wildman–Crippen MR) is 129 cm³/mol. The Kier molecular flexibility index (Phi) is 6.39. The highest BCUT2D eigenvalue weighted by Crippen LogP contribution is 2.17. The van der Waals surface area contributed by atoms with Gasteiger partial charge < -0.3 is 9.30 Å². The van der Waals surface area contributed by atoms with Crippen LogP contribution in [0.1, 0.15) is 17.5 Å². The summed E-state index contributed by atoms with van der Waals surface area (Å²) < 4.78 is 9.44. The quantitative estimate of drug-likeness (QED) is 0.332. The van der Waals surface area contributed by atoms with Gasteiger partial charge in [-0.1, -0.05) is 30.3 Å². The SMILES string of the molecule is COc1ccc(/C=N\Nc2nc3c(c(=O)n(C)c(=O)n3C)n2CCCc2ccccc2)cc1. The van der Waals surface area contributed by atoms with E-state index >= 15 is 0 Å². The van der Waals surface area contributed by atoms with Crippen molar-refractivity contribution in [2.45, 2.75) is 19.4 Å². The zero-order valence-electron chi connectivity index (χ0n) is 18.9. The summed E-state index contributed by atoms with van der Waals surface area (Å²) in [4.78, 5) is 29.9. The molecular weight excluding hydrogens is 420 g/mol. The van der Waals surface area contributed by atoms with Crippen LogP contribution >= 0.6 is 0 Å². The van der Waals surface area contributed by atoms with Gasteiger partial charge in [-0.2, -0.15) is 10.1 Å². The summed E-state index contributed by atoms with van der Waals surface area (Å²) >= 11 is 0. The second-order valence-electron chi connectivity index (χ2n) is 7.70. The molecule has 0 saturated carbocycles. The summed E-state index contributed by atoms with van der Waals surface area (Å²) in [5.41, 5.74) is 4.93. The Morgan fingerprint density at radius 3 is 2.45 bits per heavy atom. The van der Waals surface area contributed by atoms with Gasteiger partial charge in [-0.15, -0.1) is 0 Å². The van der Waals surface area contributed by atoms with E-state index in [9.17, 15) is 9.59 Å². The van der Waals surface area contributed by atoms with E-state index in [1.54, 1.807) is 24.9 Å². The van der Waals surface area contributed by atoms with Crippen LogP contribution in [0.3, 0.4) is 0 Å². The minimum atomic E-state index is -0.422. The smallest absolute Gasteiger partial charge is 0.332 e. The Bertz CT molecular complexity index is 1400.